The summed E-state index contributed by atoms with van der Waals surface area (Å²) in [7, 11) is 0. The molecule has 0 atom stereocenters. The van der Waals surface area contributed by atoms with E-state index in [1.165, 1.54) is 17.3 Å². The van der Waals surface area contributed by atoms with Crippen LogP contribution in [0.5, 0.6) is 11.5 Å². The van der Waals surface area contributed by atoms with Crippen LogP contribution in [0.1, 0.15) is 37.5 Å². The number of likely N-dealkylation sites (N-methyl/N-ethyl adjacent to an activating group) is 1. The second kappa shape index (κ2) is 10.7. The van der Waals surface area contributed by atoms with Crippen LogP contribution < -0.4 is 9.47 Å². The monoisotopic (exact) mass is 458 g/mol. The van der Waals surface area contributed by atoms with Gasteiger partial charge < -0.3 is 9.47 Å². The van der Waals surface area contributed by atoms with Crippen molar-refractivity contribution in [1.29, 1.82) is 0 Å². The summed E-state index contributed by atoms with van der Waals surface area (Å²) >= 11 is 7.94. The van der Waals surface area contributed by atoms with Crippen LogP contribution in [-0.4, -0.2) is 35.7 Å². The molecule has 1 aliphatic rings. The van der Waals surface area contributed by atoms with Gasteiger partial charge in [-0.3, -0.25) is 14.7 Å². The van der Waals surface area contributed by atoms with Crippen LogP contribution in [0.3, 0.4) is 0 Å². The number of hydrogen-bond acceptors (Lipinski definition) is 5. The number of aryl methyl sites for hydroxylation is 1. The van der Waals surface area contributed by atoms with Gasteiger partial charge in [-0.25, -0.2) is 0 Å². The molecule has 1 saturated heterocycles. The van der Waals surface area contributed by atoms with Gasteiger partial charge in [0.05, 0.1) is 16.5 Å². The number of hydrogen-bond donors (Lipinski definition) is 0. The van der Waals surface area contributed by atoms with Gasteiger partial charge in [0.1, 0.15) is 6.61 Å². The largest absolute Gasteiger partial charge is 0.490 e. The summed E-state index contributed by atoms with van der Waals surface area (Å²) in [6.45, 7) is 9.93. The average Bonchev–Trinajstić information content (AvgIpc) is 3.03. The molecule has 0 bridgehead atoms. The lowest BCUT2D eigenvalue weighted by Gasteiger charge is -2.15. The molecule has 0 radical (unpaired) electrons. The van der Waals surface area contributed by atoms with Gasteiger partial charge in [-0.2, -0.15) is 0 Å². The van der Waals surface area contributed by atoms with Gasteiger partial charge >= 0.3 is 0 Å². The van der Waals surface area contributed by atoms with E-state index in [0.29, 0.717) is 47.7 Å². The fourth-order valence-electron chi connectivity index (χ4n) is 3.11. The minimum atomic E-state index is -0.0477. The molecule has 164 valence electrons. The van der Waals surface area contributed by atoms with Crippen molar-refractivity contribution in [3.63, 3.8) is 0 Å². The van der Waals surface area contributed by atoms with E-state index in [1.54, 1.807) is 11.0 Å². The van der Waals surface area contributed by atoms with Crippen molar-refractivity contribution < 1.29 is 14.3 Å². The Bertz CT molecular complexity index is 1000. The van der Waals surface area contributed by atoms with Gasteiger partial charge in [-0.15, -0.1) is 0 Å². The summed E-state index contributed by atoms with van der Waals surface area (Å²) in [5.41, 5.74) is 3.02. The minimum Gasteiger partial charge on any atom is -0.490 e. The number of thioether (sulfide) groups is 1. The molecule has 0 aromatic heterocycles. The van der Waals surface area contributed by atoms with Crippen LogP contribution in [0, 0.1) is 6.92 Å². The van der Waals surface area contributed by atoms with Crippen molar-refractivity contribution in [1.82, 2.24) is 4.90 Å². The zero-order valence-corrected chi connectivity index (χ0v) is 19.8. The molecule has 0 aliphatic carbocycles. The normalized spacial score (nSPS) is 16.4. The van der Waals surface area contributed by atoms with Crippen molar-refractivity contribution in [2.24, 2.45) is 4.99 Å². The molecular weight excluding hydrogens is 432 g/mol. The highest BCUT2D eigenvalue weighted by atomic mass is 35.5. The second-order valence-electron chi connectivity index (χ2n) is 6.95. The number of halogens is 1. The fourth-order valence-corrected chi connectivity index (χ4v) is 4.48. The van der Waals surface area contributed by atoms with Crippen molar-refractivity contribution in [2.75, 3.05) is 19.7 Å². The van der Waals surface area contributed by atoms with E-state index in [1.807, 2.05) is 64.1 Å². The molecule has 1 heterocycles. The third kappa shape index (κ3) is 5.63. The lowest BCUT2D eigenvalue weighted by molar-refractivity contribution is -0.122. The number of amides is 1. The molecule has 0 saturated carbocycles. The Morgan fingerprint density at radius 2 is 1.87 bits per heavy atom. The van der Waals surface area contributed by atoms with Crippen LogP contribution in [0.4, 0.5) is 0 Å². The maximum atomic E-state index is 12.7. The van der Waals surface area contributed by atoms with E-state index in [0.717, 1.165) is 16.3 Å². The highest BCUT2D eigenvalue weighted by Crippen LogP contribution is 2.39. The first kappa shape index (κ1) is 23.2. The Hall–Kier alpha value is -2.44. The first-order valence-corrected chi connectivity index (χ1v) is 11.6. The molecule has 0 unspecified atom stereocenters. The van der Waals surface area contributed by atoms with E-state index >= 15 is 0 Å². The number of ether oxygens (including phenoxy) is 2. The van der Waals surface area contributed by atoms with Crippen LogP contribution in [-0.2, 0) is 11.4 Å². The van der Waals surface area contributed by atoms with E-state index in [4.69, 9.17) is 21.1 Å². The maximum Gasteiger partial charge on any atom is 0.266 e. The van der Waals surface area contributed by atoms with Gasteiger partial charge in [0, 0.05) is 13.1 Å². The summed E-state index contributed by atoms with van der Waals surface area (Å²) in [5, 5.41) is 1.17. The number of rotatable bonds is 8. The highest BCUT2D eigenvalue weighted by molar-refractivity contribution is 8.18. The molecule has 1 fully saturated rings. The molecule has 1 aliphatic heterocycles. The lowest BCUT2D eigenvalue weighted by Crippen LogP contribution is -2.28. The van der Waals surface area contributed by atoms with Crippen LogP contribution in [0.2, 0.25) is 5.02 Å². The Kier molecular flexibility index (Phi) is 8.04. The molecule has 1 amide bonds. The first-order chi connectivity index (χ1) is 15.0. The van der Waals surface area contributed by atoms with Gasteiger partial charge in [0.2, 0.25) is 0 Å². The number of amidine groups is 1. The summed E-state index contributed by atoms with van der Waals surface area (Å²) in [4.78, 5) is 19.5. The zero-order valence-electron chi connectivity index (χ0n) is 18.3. The zero-order chi connectivity index (χ0) is 22.4. The van der Waals surface area contributed by atoms with Crippen molar-refractivity contribution >= 4 is 40.5 Å². The maximum absolute atomic E-state index is 12.7. The van der Waals surface area contributed by atoms with Gasteiger partial charge in [0.15, 0.2) is 16.7 Å². The Morgan fingerprint density at radius 1 is 1.13 bits per heavy atom. The fraction of sp³-hybridized carbons (Fsp3) is 0.333. The van der Waals surface area contributed by atoms with Gasteiger partial charge in [-0.1, -0.05) is 41.4 Å². The molecule has 2 aromatic carbocycles. The third-order valence-corrected chi connectivity index (χ3v) is 5.96. The van der Waals surface area contributed by atoms with E-state index in [9.17, 15) is 4.79 Å². The van der Waals surface area contributed by atoms with E-state index in [2.05, 4.69) is 4.99 Å². The molecule has 2 aromatic rings. The van der Waals surface area contributed by atoms with Crippen molar-refractivity contribution in [3.8, 4) is 11.5 Å². The standard InChI is InChI=1S/C24H27ClN2O3S/c1-5-26-24-27(6-2)23(28)21(31-24)14-18-12-19(25)22(20(13-18)29-7-3)30-15-17-10-8-16(4)9-11-17/h8-14H,5-7,15H2,1-4H3/b21-14+,26-24?. The van der Waals surface area contributed by atoms with Crippen molar-refractivity contribution in [3.05, 3.63) is 63.0 Å². The molecule has 7 heteroatoms. The molecular formula is C24H27ClN2O3S. The summed E-state index contributed by atoms with van der Waals surface area (Å²) in [6, 6.07) is 11.8. The van der Waals surface area contributed by atoms with E-state index in [-0.39, 0.29) is 5.91 Å². The van der Waals surface area contributed by atoms with Crippen LogP contribution in [0.15, 0.2) is 46.3 Å². The molecule has 31 heavy (non-hydrogen) atoms. The lowest BCUT2D eigenvalue weighted by atomic mass is 10.1. The third-order valence-electron chi connectivity index (χ3n) is 4.63. The number of carbonyl (C=O) groups is 1. The Morgan fingerprint density at radius 3 is 2.52 bits per heavy atom. The van der Waals surface area contributed by atoms with Crippen LogP contribution >= 0.6 is 23.4 Å². The van der Waals surface area contributed by atoms with Crippen molar-refractivity contribution in [2.45, 2.75) is 34.3 Å². The molecule has 0 spiro atoms. The van der Waals surface area contributed by atoms with E-state index < -0.39 is 0 Å². The Labute approximate surface area is 193 Å². The first-order valence-electron chi connectivity index (χ1n) is 10.4. The average molecular weight is 459 g/mol. The summed E-state index contributed by atoms with van der Waals surface area (Å²) in [5.74, 6) is 1.01. The van der Waals surface area contributed by atoms with Gasteiger partial charge in [0.25, 0.3) is 5.91 Å². The highest BCUT2D eigenvalue weighted by Gasteiger charge is 2.32. The summed E-state index contributed by atoms with van der Waals surface area (Å²) in [6.07, 6.45) is 1.83. The smallest absolute Gasteiger partial charge is 0.266 e. The molecule has 0 N–H and O–H groups in total. The number of carbonyl (C=O) groups excluding carboxylic acids is 1. The number of nitrogens with zero attached hydrogens (tertiary/aromatic N) is 2. The minimum absolute atomic E-state index is 0.0477. The number of aliphatic imine (C=N–C) groups is 1. The van der Waals surface area contributed by atoms with Crippen LogP contribution in [0.25, 0.3) is 6.08 Å². The SMILES string of the molecule is CCN=C1S/C(=C/c2cc(Cl)c(OCc3ccc(C)cc3)c(OCC)c2)C(=O)N1CC. The Balaban J connectivity index is 1.87. The van der Waals surface area contributed by atoms with Gasteiger partial charge in [-0.05, 0) is 68.8 Å². The molecule has 3 rings (SSSR count). The quantitative estimate of drug-likeness (QED) is 0.459. The summed E-state index contributed by atoms with van der Waals surface area (Å²) < 4.78 is 11.8. The predicted molar refractivity (Wildman–Crippen MR) is 129 cm³/mol. The topological polar surface area (TPSA) is 51.1 Å². The number of benzene rings is 2. The molecule has 5 nitrogen and oxygen atoms in total. The predicted octanol–water partition coefficient (Wildman–Crippen LogP) is 5.94. The second-order valence-corrected chi connectivity index (χ2v) is 8.37.